The van der Waals surface area contributed by atoms with Crippen molar-refractivity contribution < 1.29 is 9.13 Å². The molecule has 0 aliphatic heterocycles. The zero-order chi connectivity index (χ0) is 13.2. The summed E-state index contributed by atoms with van der Waals surface area (Å²) in [6.07, 6.45) is 0. The van der Waals surface area contributed by atoms with Crippen LogP contribution >= 0.6 is 0 Å². The van der Waals surface area contributed by atoms with Gasteiger partial charge in [-0.3, -0.25) is 0 Å². The molecule has 1 heterocycles. The SMILES string of the molecule is COc1ccc(-c2ccc3ccccc3n2)c(F)c1. The van der Waals surface area contributed by atoms with Crippen molar-refractivity contribution in [1.82, 2.24) is 4.98 Å². The van der Waals surface area contributed by atoms with Gasteiger partial charge in [0, 0.05) is 17.0 Å². The molecule has 0 aliphatic carbocycles. The van der Waals surface area contributed by atoms with Crippen LogP contribution in [0, 0.1) is 5.82 Å². The second-order valence-electron chi connectivity index (χ2n) is 4.23. The summed E-state index contributed by atoms with van der Waals surface area (Å²) in [5.74, 6) is 0.171. The van der Waals surface area contributed by atoms with E-state index in [2.05, 4.69) is 4.98 Å². The number of hydrogen-bond acceptors (Lipinski definition) is 2. The monoisotopic (exact) mass is 253 g/mol. The van der Waals surface area contributed by atoms with Crippen LogP contribution in [0.15, 0.2) is 54.6 Å². The third-order valence-electron chi connectivity index (χ3n) is 3.05. The highest BCUT2D eigenvalue weighted by molar-refractivity contribution is 5.81. The van der Waals surface area contributed by atoms with Crippen LogP contribution < -0.4 is 4.74 Å². The van der Waals surface area contributed by atoms with Gasteiger partial charge in [-0.05, 0) is 24.3 Å². The van der Waals surface area contributed by atoms with Gasteiger partial charge in [0.25, 0.3) is 0 Å². The van der Waals surface area contributed by atoms with E-state index in [1.54, 1.807) is 12.1 Å². The fourth-order valence-corrected chi connectivity index (χ4v) is 2.05. The Morgan fingerprint density at radius 3 is 2.63 bits per heavy atom. The maximum absolute atomic E-state index is 14.0. The van der Waals surface area contributed by atoms with Gasteiger partial charge in [-0.1, -0.05) is 24.3 Å². The molecule has 94 valence electrons. The van der Waals surface area contributed by atoms with Gasteiger partial charge in [-0.25, -0.2) is 9.37 Å². The molecule has 3 heteroatoms. The topological polar surface area (TPSA) is 22.1 Å². The van der Waals surface area contributed by atoms with Gasteiger partial charge in [0.1, 0.15) is 11.6 Å². The van der Waals surface area contributed by atoms with Gasteiger partial charge in [-0.2, -0.15) is 0 Å². The lowest BCUT2D eigenvalue weighted by Crippen LogP contribution is -1.90. The van der Waals surface area contributed by atoms with Crippen LogP contribution in [-0.2, 0) is 0 Å². The summed E-state index contributed by atoms with van der Waals surface area (Å²) in [5.41, 5.74) is 1.96. The zero-order valence-electron chi connectivity index (χ0n) is 10.4. The molecule has 0 atom stereocenters. The second-order valence-corrected chi connectivity index (χ2v) is 4.23. The summed E-state index contributed by atoms with van der Waals surface area (Å²) in [7, 11) is 1.52. The Balaban J connectivity index is 2.13. The van der Waals surface area contributed by atoms with Gasteiger partial charge in [-0.15, -0.1) is 0 Å². The molecule has 0 N–H and O–H groups in total. The fraction of sp³-hybridized carbons (Fsp3) is 0.0625. The minimum atomic E-state index is -0.331. The number of hydrogen-bond donors (Lipinski definition) is 0. The molecule has 0 aliphatic rings. The third kappa shape index (κ3) is 2.15. The third-order valence-corrected chi connectivity index (χ3v) is 3.05. The number of halogens is 1. The summed E-state index contributed by atoms with van der Waals surface area (Å²) in [6.45, 7) is 0. The first-order valence-corrected chi connectivity index (χ1v) is 5.97. The van der Waals surface area contributed by atoms with Crippen molar-refractivity contribution in [3.8, 4) is 17.0 Å². The van der Waals surface area contributed by atoms with E-state index < -0.39 is 0 Å². The molecule has 0 radical (unpaired) electrons. The summed E-state index contributed by atoms with van der Waals surface area (Å²) >= 11 is 0. The molecule has 2 nitrogen and oxygen atoms in total. The van der Waals surface area contributed by atoms with Crippen molar-refractivity contribution in [3.63, 3.8) is 0 Å². The van der Waals surface area contributed by atoms with E-state index in [-0.39, 0.29) is 5.82 Å². The molecule has 3 rings (SSSR count). The van der Waals surface area contributed by atoms with E-state index >= 15 is 0 Å². The maximum Gasteiger partial charge on any atom is 0.136 e. The lowest BCUT2D eigenvalue weighted by atomic mass is 10.1. The second kappa shape index (κ2) is 4.69. The minimum Gasteiger partial charge on any atom is -0.497 e. The van der Waals surface area contributed by atoms with Gasteiger partial charge >= 0.3 is 0 Å². The van der Waals surface area contributed by atoms with Gasteiger partial charge in [0.2, 0.25) is 0 Å². The van der Waals surface area contributed by atoms with Crippen molar-refractivity contribution in [2.24, 2.45) is 0 Å². The molecule has 0 spiro atoms. The van der Waals surface area contributed by atoms with Crippen LogP contribution in [0.2, 0.25) is 0 Å². The highest BCUT2D eigenvalue weighted by atomic mass is 19.1. The quantitative estimate of drug-likeness (QED) is 0.687. The average Bonchev–Trinajstić information content (AvgIpc) is 2.46. The molecule has 0 saturated heterocycles. The number of rotatable bonds is 2. The number of fused-ring (bicyclic) bond motifs is 1. The van der Waals surface area contributed by atoms with Crippen molar-refractivity contribution in [2.75, 3.05) is 7.11 Å². The standard InChI is InChI=1S/C16H12FNO/c1-19-12-7-8-13(14(17)10-12)16-9-6-11-4-2-3-5-15(11)18-16/h2-10H,1H3. The number of nitrogens with zero attached hydrogens (tertiary/aromatic N) is 1. The van der Waals surface area contributed by atoms with Crippen LogP contribution in [0.25, 0.3) is 22.2 Å². The Hall–Kier alpha value is -2.42. The fourth-order valence-electron chi connectivity index (χ4n) is 2.05. The molecular weight excluding hydrogens is 241 g/mol. The molecule has 0 amide bonds. The molecule has 0 fully saturated rings. The summed E-state index contributed by atoms with van der Waals surface area (Å²) < 4.78 is 19.0. The zero-order valence-corrected chi connectivity index (χ0v) is 10.4. The average molecular weight is 253 g/mol. The van der Waals surface area contributed by atoms with Crippen LogP contribution in [0.4, 0.5) is 4.39 Å². The van der Waals surface area contributed by atoms with Crippen LogP contribution in [-0.4, -0.2) is 12.1 Å². The van der Waals surface area contributed by atoms with Crippen LogP contribution in [0.3, 0.4) is 0 Å². The Morgan fingerprint density at radius 2 is 1.84 bits per heavy atom. The molecule has 3 aromatic rings. The number of benzene rings is 2. The number of aromatic nitrogens is 1. The summed E-state index contributed by atoms with van der Waals surface area (Å²) in [6, 6.07) is 16.3. The van der Waals surface area contributed by atoms with Crippen molar-refractivity contribution in [2.45, 2.75) is 0 Å². The predicted molar refractivity (Wildman–Crippen MR) is 73.7 cm³/mol. The highest BCUT2D eigenvalue weighted by Gasteiger charge is 2.08. The van der Waals surface area contributed by atoms with Gasteiger partial charge < -0.3 is 4.74 Å². The first-order chi connectivity index (χ1) is 9.28. The Bertz CT molecular complexity index is 740. The molecule has 2 aromatic carbocycles. The van der Waals surface area contributed by atoms with E-state index in [9.17, 15) is 4.39 Å². The van der Waals surface area contributed by atoms with E-state index in [4.69, 9.17) is 4.74 Å². The Morgan fingerprint density at radius 1 is 1.00 bits per heavy atom. The lowest BCUT2D eigenvalue weighted by molar-refractivity contribution is 0.411. The predicted octanol–water partition coefficient (Wildman–Crippen LogP) is 4.05. The lowest BCUT2D eigenvalue weighted by Gasteiger charge is -2.06. The first kappa shape index (κ1) is 11.7. The molecule has 0 unspecified atom stereocenters. The summed E-state index contributed by atoms with van der Waals surface area (Å²) in [4.78, 5) is 4.48. The largest absolute Gasteiger partial charge is 0.497 e. The van der Waals surface area contributed by atoms with E-state index in [1.807, 2.05) is 36.4 Å². The molecule has 1 aromatic heterocycles. The molecule has 0 saturated carbocycles. The minimum absolute atomic E-state index is 0.331. The summed E-state index contributed by atoms with van der Waals surface area (Å²) in [5, 5.41) is 1.04. The number of para-hydroxylation sites is 1. The van der Waals surface area contributed by atoms with E-state index in [1.165, 1.54) is 13.2 Å². The highest BCUT2D eigenvalue weighted by Crippen LogP contribution is 2.26. The van der Waals surface area contributed by atoms with Crippen molar-refractivity contribution in [3.05, 3.63) is 60.4 Å². The normalized spacial score (nSPS) is 10.6. The number of methoxy groups -OCH3 is 1. The van der Waals surface area contributed by atoms with Crippen LogP contribution in [0.5, 0.6) is 5.75 Å². The van der Waals surface area contributed by atoms with Gasteiger partial charge in [0.05, 0.1) is 18.3 Å². The smallest absolute Gasteiger partial charge is 0.136 e. The number of pyridine rings is 1. The molecular formula is C16H12FNO. The van der Waals surface area contributed by atoms with E-state index in [0.717, 1.165) is 10.9 Å². The number of ether oxygens (including phenoxy) is 1. The molecule has 0 bridgehead atoms. The Labute approximate surface area is 110 Å². The van der Waals surface area contributed by atoms with Gasteiger partial charge in [0.15, 0.2) is 0 Å². The molecule has 19 heavy (non-hydrogen) atoms. The van der Waals surface area contributed by atoms with Crippen LogP contribution in [0.1, 0.15) is 0 Å². The Kier molecular flexibility index (Phi) is 2.88. The van der Waals surface area contributed by atoms with Crippen molar-refractivity contribution in [1.29, 1.82) is 0 Å². The maximum atomic E-state index is 14.0. The van der Waals surface area contributed by atoms with E-state index in [0.29, 0.717) is 17.0 Å². The first-order valence-electron chi connectivity index (χ1n) is 5.97. The van der Waals surface area contributed by atoms with Crippen molar-refractivity contribution >= 4 is 10.9 Å².